The minimum Gasteiger partial charge on any atom is -0.350 e. The maximum atomic E-state index is 12.9. The summed E-state index contributed by atoms with van der Waals surface area (Å²) in [6.45, 7) is 2.55. The smallest absolute Gasteiger partial charge is 0.273 e. The lowest BCUT2D eigenvalue weighted by Gasteiger charge is -2.12. The molecule has 1 N–H and O–H groups in total. The Labute approximate surface area is 139 Å². The molecule has 122 valence electrons. The lowest BCUT2D eigenvalue weighted by atomic mass is 10.0. The van der Waals surface area contributed by atoms with Gasteiger partial charge in [-0.3, -0.25) is 4.79 Å². The Balaban J connectivity index is 1.63. The SMILES string of the molecule is C[C@@H](CNC(=O)c1cn(-c2ccc(F)cc2)nn1)c1ccccc1. The van der Waals surface area contributed by atoms with Gasteiger partial charge in [-0.25, -0.2) is 9.07 Å². The first-order valence-electron chi connectivity index (χ1n) is 7.65. The highest BCUT2D eigenvalue weighted by molar-refractivity contribution is 5.91. The van der Waals surface area contributed by atoms with Crippen molar-refractivity contribution < 1.29 is 9.18 Å². The molecule has 2 aromatic carbocycles. The molecule has 0 aliphatic rings. The average Bonchev–Trinajstić information content (AvgIpc) is 3.11. The lowest BCUT2D eigenvalue weighted by molar-refractivity contribution is 0.0946. The van der Waals surface area contributed by atoms with Gasteiger partial charge in [-0.1, -0.05) is 42.5 Å². The van der Waals surface area contributed by atoms with Crippen LogP contribution in [0.2, 0.25) is 0 Å². The molecule has 0 unspecified atom stereocenters. The van der Waals surface area contributed by atoms with Crippen molar-refractivity contribution in [1.29, 1.82) is 0 Å². The molecule has 0 radical (unpaired) electrons. The Bertz CT molecular complexity index is 815. The molecule has 6 heteroatoms. The topological polar surface area (TPSA) is 59.8 Å². The number of hydrogen-bond donors (Lipinski definition) is 1. The van der Waals surface area contributed by atoms with Gasteiger partial charge in [0.1, 0.15) is 5.82 Å². The molecular formula is C18H17FN4O. The summed E-state index contributed by atoms with van der Waals surface area (Å²) in [6.07, 6.45) is 1.52. The third-order valence-electron chi connectivity index (χ3n) is 3.75. The number of halogens is 1. The van der Waals surface area contributed by atoms with Crippen LogP contribution in [0.4, 0.5) is 4.39 Å². The summed E-state index contributed by atoms with van der Waals surface area (Å²) in [7, 11) is 0. The van der Waals surface area contributed by atoms with Crippen LogP contribution < -0.4 is 5.32 Å². The number of hydrogen-bond acceptors (Lipinski definition) is 3. The van der Waals surface area contributed by atoms with Crippen molar-refractivity contribution in [2.24, 2.45) is 0 Å². The number of benzene rings is 2. The van der Waals surface area contributed by atoms with Gasteiger partial charge >= 0.3 is 0 Å². The van der Waals surface area contributed by atoms with E-state index in [-0.39, 0.29) is 23.3 Å². The van der Waals surface area contributed by atoms with Gasteiger partial charge in [0, 0.05) is 6.54 Å². The van der Waals surface area contributed by atoms with Crippen LogP contribution >= 0.6 is 0 Å². The number of carbonyl (C=O) groups excluding carboxylic acids is 1. The molecule has 5 nitrogen and oxygen atoms in total. The number of rotatable bonds is 5. The summed E-state index contributed by atoms with van der Waals surface area (Å²) in [4.78, 5) is 12.2. The van der Waals surface area contributed by atoms with Gasteiger partial charge in [-0.2, -0.15) is 0 Å². The quantitative estimate of drug-likeness (QED) is 0.785. The summed E-state index contributed by atoms with van der Waals surface area (Å²) in [6, 6.07) is 15.8. The van der Waals surface area contributed by atoms with Gasteiger partial charge in [0.2, 0.25) is 0 Å². The fraction of sp³-hybridized carbons (Fsp3) is 0.167. The molecule has 0 spiro atoms. The minimum absolute atomic E-state index is 0.197. The molecule has 0 fully saturated rings. The summed E-state index contributed by atoms with van der Waals surface area (Å²) < 4.78 is 14.4. The van der Waals surface area contributed by atoms with E-state index in [1.54, 1.807) is 12.1 Å². The highest BCUT2D eigenvalue weighted by Crippen LogP contribution is 2.13. The van der Waals surface area contributed by atoms with Crippen LogP contribution in [0.5, 0.6) is 0 Å². The highest BCUT2D eigenvalue weighted by atomic mass is 19.1. The number of amides is 1. The van der Waals surface area contributed by atoms with Crippen molar-refractivity contribution >= 4 is 5.91 Å². The molecule has 3 rings (SSSR count). The van der Waals surface area contributed by atoms with Crippen molar-refractivity contribution in [2.45, 2.75) is 12.8 Å². The Morgan fingerprint density at radius 1 is 1.17 bits per heavy atom. The Hall–Kier alpha value is -3.02. The molecule has 0 saturated heterocycles. The summed E-state index contributed by atoms with van der Waals surface area (Å²) in [5.41, 5.74) is 2.02. The number of nitrogens with one attached hydrogen (secondary N) is 1. The Kier molecular flexibility index (Phi) is 4.65. The van der Waals surface area contributed by atoms with Crippen LogP contribution in [-0.2, 0) is 0 Å². The predicted octanol–water partition coefficient (Wildman–Crippen LogP) is 2.94. The third-order valence-corrected chi connectivity index (χ3v) is 3.75. The second-order valence-corrected chi connectivity index (χ2v) is 5.55. The van der Waals surface area contributed by atoms with Gasteiger partial charge < -0.3 is 5.32 Å². The molecule has 1 aromatic heterocycles. The fourth-order valence-corrected chi connectivity index (χ4v) is 2.32. The zero-order valence-electron chi connectivity index (χ0n) is 13.2. The van der Waals surface area contributed by atoms with Crippen molar-refractivity contribution in [3.05, 3.63) is 77.9 Å². The molecular weight excluding hydrogens is 307 g/mol. The monoisotopic (exact) mass is 324 g/mol. The standard InChI is InChI=1S/C18H17FN4O/c1-13(14-5-3-2-4-6-14)11-20-18(24)17-12-23(22-21-17)16-9-7-15(19)8-10-16/h2-10,12-13H,11H2,1H3,(H,20,24)/t13-/m0/s1. The maximum Gasteiger partial charge on any atom is 0.273 e. The van der Waals surface area contributed by atoms with Crippen LogP contribution in [0.15, 0.2) is 60.8 Å². The highest BCUT2D eigenvalue weighted by Gasteiger charge is 2.13. The first kappa shape index (κ1) is 15.9. The second-order valence-electron chi connectivity index (χ2n) is 5.55. The van der Waals surface area contributed by atoms with E-state index in [9.17, 15) is 9.18 Å². The molecule has 0 saturated carbocycles. The van der Waals surface area contributed by atoms with E-state index in [2.05, 4.69) is 15.6 Å². The lowest BCUT2D eigenvalue weighted by Crippen LogP contribution is -2.27. The molecule has 24 heavy (non-hydrogen) atoms. The minimum atomic E-state index is -0.327. The van der Waals surface area contributed by atoms with Crippen LogP contribution in [0.25, 0.3) is 5.69 Å². The molecule has 0 aliphatic carbocycles. The Morgan fingerprint density at radius 2 is 1.88 bits per heavy atom. The normalized spacial score (nSPS) is 11.9. The van der Waals surface area contributed by atoms with Crippen LogP contribution in [0.3, 0.4) is 0 Å². The van der Waals surface area contributed by atoms with Gasteiger partial charge in [0.05, 0.1) is 11.9 Å². The average molecular weight is 324 g/mol. The van der Waals surface area contributed by atoms with E-state index in [0.29, 0.717) is 12.2 Å². The molecule has 1 amide bonds. The molecule has 0 bridgehead atoms. The molecule has 0 aliphatic heterocycles. The van der Waals surface area contributed by atoms with Crippen LogP contribution in [0.1, 0.15) is 28.9 Å². The summed E-state index contributed by atoms with van der Waals surface area (Å²) >= 11 is 0. The van der Waals surface area contributed by atoms with E-state index >= 15 is 0 Å². The third kappa shape index (κ3) is 3.65. The fourth-order valence-electron chi connectivity index (χ4n) is 2.32. The molecule has 3 aromatic rings. The number of nitrogens with zero attached hydrogens (tertiary/aromatic N) is 3. The van der Waals surface area contributed by atoms with E-state index in [1.165, 1.54) is 23.0 Å². The summed E-state index contributed by atoms with van der Waals surface area (Å²) in [5.74, 6) is -0.417. The molecule has 1 heterocycles. The van der Waals surface area contributed by atoms with Crippen molar-refractivity contribution in [2.75, 3.05) is 6.54 Å². The number of aromatic nitrogens is 3. The first-order valence-corrected chi connectivity index (χ1v) is 7.65. The number of carbonyl (C=O) groups is 1. The van der Waals surface area contributed by atoms with E-state index in [0.717, 1.165) is 5.56 Å². The van der Waals surface area contributed by atoms with E-state index < -0.39 is 0 Å². The zero-order chi connectivity index (χ0) is 16.9. The second kappa shape index (κ2) is 7.04. The van der Waals surface area contributed by atoms with Gasteiger partial charge in [-0.15, -0.1) is 5.10 Å². The summed E-state index contributed by atoms with van der Waals surface area (Å²) in [5, 5.41) is 10.6. The maximum absolute atomic E-state index is 12.9. The Morgan fingerprint density at radius 3 is 2.58 bits per heavy atom. The van der Waals surface area contributed by atoms with Crippen molar-refractivity contribution in [3.8, 4) is 5.69 Å². The zero-order valence-corrected chi connectivity index (χ0v) is 13.2. The van der Waals surface area contributed by atoms with Crippen molar-refractivity contribution in [1.82, 2.24) is 20.3 Å². The van der Waals surface area contributed by atoms with Gasteiger partial charge in [0.25, 0.3) is 5.91 Å². The van der Waals surface area contributed by atoms with Crippen LogP contribution in [-0.4, -0.2) is 27.4 Å². The largest absolute Gasteiger partial charge is 0.350 e. The van der Waals surface area contributed by atoms with Gasteiger partial charge in [-0.05, 0) is 35.7 Å². The van der Waals surface area contributed by atoms with Gasteiger partial charge in [0.15, 0.2) is 5.69 Å². The van der Waals surface area contributed by atoms with Crippen molar-refractivity contribution in [3.63, 3.8) is 0 Å². The van der Waals surface area contributed by atoms with E-state index in [4.69, 9.17) is 0 Å². The van der Waals surface area contributed by atoms with Crippen LogP contribution in [0, 0.1) is 5.82 Å². The molecule has 1 atom stereocenters. The first-order chi connectivity index (χ1) is 11.6. The predicted molar refractivity (Wildman–Crippen MR) is 88.5 cm³/mol. The van der Waals surface area contributed by atoms with E-state index in [1.807, 2.05) is 37.3 Å².